The molecule has 0 aliphatic carbocycles. The summed E-state index contributed by atoms with van der Waals surface area (Å²) in [4.78, 5) is 13.6. The third-order valence-electron chi connectivity index (χ3n) is 5.23. The highest BCUT2D eigenvalue weighted by molar-refractivity contribution is 5.74. The zero-order chi connectivity index (χ0) is 18.8. The first-order chi connectivity index (χ1) is 13.1. The normalized spacial score (nSPS) is 17.3. The SMILES string of the molecule is Cc1ccccc1-c1nn(-c2ccccc2)cc1CN1CCCC1C(=O)O. The smallest absolute Gasteiger partial charge is 0.320 e. The molecule has 1 N–H and O–H groups in total. The molecule has 1 saturated heterocycles. The highest BCUT2D eigenvalue weighted by Crippen LogP contribution is 2.29. The van der Waals surface area contributed by atoms with Crippen LogP contribution in [0.15, 0.2) is 60.8 Å². The summed E-state index contributed by atoms with van der Waals surface area (Å²) in [5.41, 5.74) is 5.23. The largest absolute Gasteiger partial charge is 0.480 e. The Balaban J connectivity index is 1.76. The second-order valence-corrected chi connectivity index (χ2v) is 7.06. The van der Waals surface area contributed by atoms with E-state index in [1.807, 2.05) is 53.3 Å². The number of para-hydroxylation sites is 1. The Kier molecular flexibility index (Phi) is 4.77. The topological polar surface area (TPSA) is 58.4 Å². The maximum atomic E-state index is 11.6. The molecule has 0 spiro atoms. The summed E-state index contributed by atoms with van der Waals surface area (Å²) >= 11 is 0. The molecular formula is C22H23N3O2. The van der Waals surface area contributed by atoms with Crippen molar-refractivity contribution < 1.29 is 9.90 Å². The second kappa shape index (κ2) is 7.37. The summed E-state index contributed by atoms with van der Waals surface area (Å²) in [5, 5.41) is 14.4. The molecular weight excluding hydrogens is 338 g/mol. The molecule has 1 aliphatic rings. The van der Waals surface area contributed by atoms with Gasteiger partial charge in [-0.05, 0) is 44.0 Å². The zero-order valence-electron chi connectivity index (χ0n) is 15.4. The maximum Gasteiger partial charge on any atom is 0.320 e. The van der Waals surface area contributed by atoms with Crippen LogP contribution in [0.2, 0.25) is 0 Å². The lowest BCUT2D eigenvalue weighted by Crippen LogP contribution is -2.35. The number of benzene rings is 2. The van der Waals surface area contributed by atoms with Gasteiger partial charge in [0, 0.05) is 23.9 Å². The minimum Gasteiger partial charge on any atom is -0.480 e. The fourth-order valence-electron chi connectivity index (χ4n) is 3.82. The minimum atomic E-state index is -0.736. The molecule has 5 nitrogen and oxygen atoms in total. The Morgan fingerprint density at radius 2 is 1.89 bits per heavy atom. The van der Waals surface area contributed by atoms with Gasteiger partial charge in [-0.15, -0.1) is 0 Å². The van der Waals surface area contributed by atoms with Crippen molar-refractivity contribution in [1.82, 2.24) is 14.7 Å². The van der Waals surface area contributed by atoms with Gasteiger partial charge in [0.2, 0.25) is 0 Å². The standard InChI is InChI=1S/C22H23N3O2/c1-16-8-5-6-11-19(16)21-17(14-24-13-7-12-20(24)22(26)27)15-25(23-21)18-9-3-2-4-10-18/h2-6,8-11,15,20H,7,12-14H2,1H3,(H,26,27). The molecule has 0 amide bonds. The average molecular weight is 361 g/mol. The predicted octanol–water partition coefficient (Wildman–Crippen LogP) is 3.90. The van der Waals surface area contributed by atoms with E-state index < -0.39 is 12.0 Å². The Labute approximate surface area is 158 Å². The summed E-state index contributed by atoms with van der Waals surface area (Å²) < 4.78 is 1.89. The first-order valence-electron chi connectivity index (χ1n) is 9.30. The van der Waals surface area contributed by atoms with Crippen LogP contribution < -0.4 is 0 Å². The number of carboxylic acid groups (broad SMARTS) is 1. The van der Waals surface area contributed by atoms with Gasteiger partial charge in [-0.3, -0.25) is 9.69 Å². The van der Waals surface area contributed by atoms with E-state index in [0.717, 1.165) is 41.0 Å². The van der Waals surface area contributed by atoms with Gasteiger partial charge in [0.25, 0.3) is 0 Å². The van der Waals surface area contributed by atoms with E-state index in [9.17, 15) is 9.90 Å². The quantitative estimate of drug-likeness (QED) is 0.749. The summed E-state index contributed by atoms with van der Waals surface area (Å²) in [6.07, 6.45) is 3.67. The summed E-state index contributed by atoms with van der Waals surface area (Å²) in [5.74, 6) is -0.736. The first kappa shape index (κ1) is 17.5. The van der Waals surface area contributed by atoms with Crippen molar-refractivity contribution in [2.24, 2.45) is 0 Å². The molecule has 1 unspecified atom stereocenters. The number of hydrogen-bond acceptors (Lipinski definition) is 3. The fourth-order valence-corrected chi connectivity index (χ4v) is 3.82. The Morgan fingerprint density at radius 3 is 2.63 bits per heavy atom. The maximum absolute atomic E-state index is 11.6. The third kappa shape index (κ3) is 3.51. The minimum absolute atomic E-state index is 0.408. The van der Waals surface area contributed by atoms with E-state index in [2.05, 4.69) is 24.0 Å². The van der Waals surface area contributed by atoms with E-state index in [0.29, 0.717) is 13.0 Å². The summed E-state index contributed by atoms with van der Waals surface area (Å²) in [7, 11) is 0. The van der Waals surface area contributed by atoms with E-state index in [4.69, 9.17) is 5.10 Å². The van der Waals surface area contributed by atoms with Gasteiger partial charge in [0.15, 0.2) is 0 Å². The van der Waals surface area contributed by atoms with Crippen molar-refractivity contribution >= 4 is 5.97 Å². The van der Waals surface area contributed by atoms with Gasteiger partial charge in [0.05, 0.1) is 11.4 Å². The molecule has 1 atom stereocenters. The predicted molar refractivity (Wildman–Crippen MR) is 105 cm³/mol. The Hall–Kier alpha value is -2.92. The number of aromatic nitrogens is 2. The molecule has 1 aromatic heterocycles. The Morgan fingerprint density at radius 1 is 1.15 bits per heavy atom. The second-order valence-electron chi connectivity index (χ2n) is 7.06. The lowest BCUT2D eigenvalue weighted by atomic mass is 10.0. The number of carboxylic acids is 1. The average Bonchev–Trinajstić information content (AvgIpc) is 3.31. The molecule has 138 valence electrons. The van der Waals surface area contributed by atoms with E-state index >= 15 is 0 Å². The number of carbonyl (C=O) groups is 1. The van der Waals surface area contributed by atoms with Crippen molar-refractivity contribution in [3.63, 3.8) is 0 Å². The molecule has 0 bridgehead atoms. The number of aliphatic carboxylic acids is 1. The van der Waals surface area contributed by atoms with Gasteiger partial charge in [-0.25, -0.2) is 4.68 Å². The van der Waals surface area contributed by atoms with Crippen LogP contribution in [-0.4, -0.2) is 38.3 Å². The molecule has 3 aromatic rings. The van der Waals surface area contributed by atoms with Crippen LogP contribution in [0.5, 0.6) is 0 Å². The number of hydrogen-bond donors (Lipinski definition) is 1. The number of nitrogens with zero attached hydrogens (tertiary/aromatic N) is 3. The van der Waals surface area contributed by atoms with Crippen molar-refractivity contribution in [2.75, 3.05) is 6.54 Å². The third-order valence-corrected chi connectivity index (χ3v) is 5.23. The van der Waals surface area contributed by atoms with Crippen molar-refractivity contribution in [3.8, 4) is 16.9 Å². The lowest BCUT2D eigenvalue weighted by molar-refractivity contribution is -0.142. The molecule has 0 radical (unpaired) electrons. The molecule has 0 saturated carbocycles. The molecule has 5 heteroatoms. The molecule has 27 heavy (non-hydrogen) atoms. The fraction of sp³-hybridized carbons (Fsp3) is 0.273. The van der Waals surface area contributed by atoms with Crippen LogP contribution in [0.3, 0.4) is 0 Å². The van der Waals surface area contributed by atoms with Crippen LogP contribution in [0, 0.1) is 6.92 Å². The molecule has 1 aliphatic heterocycles. The highest BCUT2D eigenvalue weighted by Gasteiger charge is 2.31. The van der Waals surface area contributed by atoms with Crippen LogP contribution in [0.4, 0.5) is 0 Å². The van der Waals surface area contributed by atoms with Gasteiger partial charge >= 0.3 is 5.97 Å². The zero-order valence-corrected chi connectivity index (χ0v) is 15.4. The van der Waals surface area contributed by atoms with Crippen molar-refractivity contribution in [2.45, 2.75) is 32.4 Å². The highest BCUT2D eigenvalue weighted by atomic mass is 16.4. The van der Waals surface area contributed by atoms with Crippen molar-refractivity contribution in [1.29, 1.82) is 0 Å². The summed E-state index contributed by atoms with van der Waals surface area (Å²) in [6, 6.07) is 17.8. The van der Waals surface area contributed by atoms with Crippen molar-refractivity contribution in [3.05, 3.63) is 71.9 Å². The number of likely N-dealkylation sites (tertiary alicyclic amines) is 1. The molecule has 2 heterocycles. The summed E-state index contributed by atoms with van der Waals surface area (Å²) in [6.45, 7) is 3.48. The van der Waals surface area contributed by atoms with Crippen LogP contribution in [0.25, 0.3) is 16.9 Å². The Bertz CT molecular complexity index is 949. The van der Waals surface area contributed by atoms with Crippen LogP contribution in [-0.2, 0) is 11.3 Å². The monoisotopic (exact) mass is 361 g/mol. The molecule has 4 rings (SSSR count). The van der Waals surface area contributed by atoms with Gasteiger partial charge in [-0.2, -0.15) is 5.10 Å². The lowest BCUT2D eigenvalue weighted by Gasteiger charge is -2.20. The van der Waals surface area contributed by atoms with Gasteiger partial charge in [0.1, 0.15) is 6.04 Å². The van der Waals surface area contributed by atoms with E-state index in [-0.39, 0.29) is 0 Å². The van der Waals surface area contributed by atoms with E-state index in [1.165, 1.54) is 0 Å². The van der Waals surface area contributed by atoms with Crippen LogP contribution in [0.1, 0.15) is 24.0 Å². The molecule has 1 fully saturated rings. The van der Waals surface area contributed by atoms with Crippen LogP contribution >= 0.6 is 0 Å². The first-order valence-corrected chi connectivity index (χ1v) is 9.30. The van der Waals surface area contributed by atoms with E-state index in [1.54, 1.807) is 0 Å². The van der Waals surface area contributed by atoms with Gasteiger partial charge < -0.3 is 5.11 Å². The molecule has 2 aromatic carbocycles. The number of rotatable bonds is 5. The number of aryl methyl sites for hydroxylation is 1. The van der Waals surface area contributed by atoms with Gasteiger partial charge in [-0.1, -0.05) is 42.5 Å².